The predicted molar refractivity (Wildman–Crippen MR) is 168 cm³/mol. The smallest absolute Gasteiger partial charge is 0.193 e. The Balaban J connectivity index is 1.62. The molecule has 0 N–H and O–H groups in total. The maximum absolute atomic E-state index is 7.04. The maximum atomic E-state index is 7.04. The van der Waals surface area contributed by atoms with Gasteiger partial charge in [-0.1, -0.05) is 113 Å². The van der Waals surface area contributed by atoms with Crippen molar-refractivity contribution in [3.63, 3.8) is 0 Å². The van der Waals surface area contributed by atoms with E-state index in [1.54, 1.807) is 0 Å². The summed E-state index contributed by atoms with van der Waals surface area (Å²) in [5.74, 6) is 0.917. The van der Waals surface area contributed by atoms with Crippen molar-refractivity contribution < 1.29 is 4.42 Å². The van der Waals surface area contributed by atoms with E-state index in [1.807, 2.05) is 6.20 Å². The highest BCUT2D eigenvalue weighted by Crippen LogP contribution is 2.34. The van der Waals surface area contributed by atoms with Gasteiger partial charge in [-0.25, -0.2) is 0 Å². The third kappa shape index (κ3) is 4.51. The summed E-state index contributed by atoms with van der Waals surface area (Å²) in [5, 5.41) is 7.52. The Kier molecular flexibility index (Phi) is 6.70. The van der Waals surface area contributed by atoms with Gasteiger partial charge in [0, 0.05) is 17.1 Å². The van der Waals surface area contributed by atoms with Crippen LogP contribution in [0.25, 0.3) is 33.0 Å². The van der Waals surface area contributed by atoms with Crippen LogP contribution in [-0.2, 0) is 0 Å². The second kappa shape index (κ2) is 10.3. The van der Waals surface area contributed by atoms with Crippen molar-refractivity contribution in [2.24, 2.45) is 5.92 Å². The fourth-order valence-corrected chi connectivity index (χ4v) is 11.2. The molecule has 0 amide bonds. The van der Waals surface area contributed by atoms with E-state index in [4.69, 9.17) is 9.40 Å². The molecule has 6 aromatic rings. The van der Waals surface area contributed by atoms with Gasteiger partial charge in [0.05, 0.1) is 5.38 Å². The fraction of sp³-hybridized carbons (Fsp3) is 0.194. The molecular formula is C36H35NOSi. The van der Waals surface area contributed by atoms with Crippen LogP contribution >= 0.6 is 0 Å². The molecule has 39 heavy (non-hydrogen) atoms. The van der Waals surface area contributed by atoms with Gasteiger partial charge in [0.1, 0.15) is 5.69 Å². The largest absolute Gasteiger partial charge is 0.463 e. The van der Waals surface area contributed by atoms with Crippen LogP contribution in [-0.4, -0.2) is 13.1 Å². The average Bonchev–Trinajstić information content (AvgIpc) is 3.41. The van der Waals surface area contributed by atoms with E-state index in [1.165, 1.54) is 26.7 Å². The number of fused-ring (bicyclic) bond motifs is 2. The lowest BCUT2D eigenvalue weighted by molar-refractivity contribution is 0.642. The molecular weight excluding hydrogens is 490 g/mol. The van der Waals surface area contributed by atoms with Crippen LogP contribution < -0.4 is 15.8 Å². The zero-order valence-corrected chi connectivity index (χ0v) is 24.2. The first-order valence-electron chi connectivity index (χ1n) is 14.0. The molecule has 2 aromatic heterocycles. The number of hydrogen-bond donors (Lipinski definition) is 0. The van der Waals surface area contributed by atoms with E-state index in [2.05, 4.69) is 137 Å². The zero-order chi connectivity index (χ0) is 27.0. The van der Waals surface area contributed by atoms with Crippen LogP contribution in [0.3, 0.4) is 0 Å². The average molecular weight is 526 g/mol. The van der Waals surface area contributed by atoms with Crippen LogP contribution in [0.1, 0.15) is 39.2 Å². The maximum Gasteiger partial charge on any atom is 0.193 e. The molecule has 2 heterocycles. The second-order valence-corrected chi connectivity index (χ2v) is 15.2. The van der Waals surface area contributed by atoms with Crippen LogP contribution in [0.4, 0.5) is 0 Å². The third-order valence-corrected chi connectivity index (χ3v) is 13.0. The highest BCUT2D eigenvalue weighted by molar-refractivity contribution is 7.11. The van der Waals surface area contributed by atoms with Gasteiger partial charge in [0.25, 0.3) is 0 Å². The van der Waals surface area contributed by atoms with Gasteiger partial charge in [0.2, 0.25) is 0 Å². The van der Waals surface area contributed by atoms with Crippen LogP contribution in [0, 0.1) is 5.92 Å². The Bertz CT molecular complexity index is 1700. The normalized spacial score (nSPS) is 12.2. The molecule has 0 atom stereocenters. The van der Waals surface area contributed by atoms with E-state index in [-0.39, 0.29) is 0 Å². The topological polar surface area (TPSA) is 26.0 Å². The summed E-state index contributed by atoms with van der Waals surface area (Å²) < 4.78 is 7.04. The Hall–Kier alpha value is -3.95. The Morgan fingerprint density at radius 3 is 1.97 bits per heavy atom. The Morgan fingerprint density at radius 2 is 1.33 bits per heavy atom. The molecule has 3 heteroatoms. The molecule has 0 spiro atoms. The lowest BCUT2D eigenvalue weighted by atomic mass is 9.92. The van der Waals surface area contributed by atoms with E-state index in [9.17, 15) is 0 Å². The van der Waals surface area contributed by atoms with E-state index in [0.717, 1.165) is 33.7 Å². The minimum atomic E-state index is -2.46. The number of nitrogens with zero attached hydrogens (tertiary/aromatic N) is 1. The first-order valence-corrected chi connectivity index (χ1v) is 16.2. The van der Waals surface area contributed by atoms with Crippen molar-refractivity contribution in [1.29, 1.82) is 0 Å². The van der Waals surface area contributed by atoms with Gasteiger partial charge in [-0.15, -0.1) is 0 Å². The zero-order valence-electron chi connectivity index (χ0n) is 23.2. The van der Waals surface area contributed by atoms with E-state index >= 15 is 0 Å². The van der Waals surface area contributed by atoms with Gasteiger partial charge < -0.3 is 4.42 Å². The molecule has 2 nitrogen and oxygen atoms in total. The van der Waals surface area contributed by atoms with Crippen LogP contribution in [0.5, 0.6) is 0 Å². The predicted octanol–water partition coefficient (Wildman–Crippen LogP) is 7.90. The summed E-state index contributed by atoms with van der Waals surface area (Å²) in [5.41, 5.74) is 4.25. The van der Waals surface area contributed by atoms with Gasteiger partial charge in [-0.2, -0.15) is 0 Å². The third-order valence-electron chi connectivity index (χ3n) is 7.89. The SMILES string of the molecule is CC(C)C[Si](c1ccccc1)(c1ccccc1)c1cc2ccnc(-c3cc(C(C)C)c4ccccc4c3)c2o1. The molecule has 0 fully saturated rings. The highest BCUT2D eigenvalue weighted by Gasteiger charge is 2.43. The van der Waals surface area contributed by atoms with E-state index in [0.29, 0.717) is 11.8 Å². The van der Waals surface area contributed by atoms with Crippen molar-refractivity contribution in [2.75, 3.05) is 0 Å². The second-order valence-electron chi connectivity index (χ2n) is 11.4. The molecule has 6 rings (SSSR count). The quantitative estimate of drug-likeness (QED) is 0.198. The van der Waals surface area contributed by atoms with Crippen molar-refractivity contribution in [3.8, 4) is 11.3 Å². The summed E-state index contributed by atoms with van der Waals surface area (Å²) in [6.45, 7) is 9.17. The molecule has 0 unspecified atom stereocenters. The number of pyridine rings is 1. The standard InChI is InChI=1S/C36H35NOSi/c1-25(2)24-39(30-14-7-5-8-15-30,31-16-9-6-10-17-31)34-23-28-19-20-37-35(36(28)38-34)29-21-27-13-11-12-18-32(27)33(22-29)26(3)4/h5-23,25-26H,24H2,1-4H3. The van der Waals surface area contributed by atoms with Gasteiger partial charge in [0.15, 0.2) is 13.7 Å². The Morgan fingerprint density at radius 1 is 0.692 bits per heavy atom. The molecule has 194 valence electrons. The molecule has 0 bridgehead atoms. The van der Waals surface area contributed by atoms with Crippen LogP contribution in [0.2, 0.25) is 6.04 Å². The minimum Gasteiger partial charge on any atom is -0.463 e. The fourth-order valence-electron chi connectivity index (χ4n) is 6.18. The van der Waals surface area contributed by atoms with Gasteiger partial charge >= 0.3 is 0 Å². The van der Waals surface area contributed by atoms with Crippen molar-refractivity contribution in [3.05, 3.63) is 121 Å². The van der Waals surface area contributed by atoms with Crippen LogP contribution in [0.15, 0.2) is 120 Å². The van der Waals surface area contributed by atoms with Crippen molar-refractivity contribution >= 4 is 45.6 Å². The minimum absolute atomic E-state index is 0.406. The number of hydrogen-bond acceptors (Lipinski definition) is 2. The van der Waals surface area contributed by atoms with Crippen molar-refractivity contribution in [2.45, 2.75) is 39.7 Å². The lowest BCUT2D eigenvalue weighted by Gasteiger charge is -2.32. The van der Waals surface area contributed by atoms with Crippen molar-refractivity contribution in [1.82, 2.24) is 4.98 Å². The first kappa shape index (κ1) is 25.3. The monoisotopic (exact) mass is 525 g/mol. The summed E-state index contributed by atoms with van der Waals surface area (Å²) in [4.78, 5) is 4.91. The molecule has 0 saturated carbocycles. The molecule has 4 aromatic carbocycles. The summed E-state index contributed by atoms with van der Waals surface area (Å²) in [6, 6.07) is 40.8. The van der Waals surface area contributed by atoms with E-state index < -0.39 is 8.07 Å². The molecule has 0 aliphatic rings. The number of benzene rings is 4. The first-order chi connectivity index (χ1) is 19.0. The molecule has 0 saturated heterocycles. The Labute approximate surface area is 232 Å². The van der Waals surface area contributed by atoms with Gasteiger partial charge in [-0.05, 0) is 68.9 Å². The highest BCUT2D eigenvalue weighted by atomic mass is 28.3. The number of furan rings is 1. The molecule has 0 radical (unpaired) electrons. The lowest BCUT2D eigenvalue weighted by Crippen LogP contribution is -2.67. The van der Waals surface area contributed by atoms with Gasteiger partial charge in [-0.3, -0.25) is 4.98 Å². The number of aromatic nitrogens is 1. The number of rotatable bonds is 7. The summed E-state index contributed by atoms with van der Waals surface area (Å²) in [7, 11) is -2.46. The summed E-state index contributed by atoms with van der Waals surface area (Å²) >= 11 is 0. The molecule has 0 aliphatic heterocycles. The molecule has 0 aliphatic carbocycles. The summed E-state index contributed by atoms with van der Waals surface area (Å²) in [6.07, 6.45) is 1.93.